The molecular weight excluding hydrogens is 304 g/mol. The minimum absolute atomic E-state index is 0.178. The van der Waals surface area contributed by atoms with Crippen LogP contribution in [0.5, 0.6) is 5.88 Å². The van der Waals surface area contributed by atoms with Crippen LogP contribution in [0.2, 0.25) is 0 Å². The summed E-state index contributed by atoms with van der Waals surface area (Å²) in [6, 6.07) is 11.7. The molecule has 0 radical (unpaired) electrons. The Morgan fingerprint density at radius 3 is 2.50 bits per heavy atom. The van der Waals surface area contributed by atoms with Crippen molar-refractivity contribution in [1.29, 1.82) is 0 Å². The molecule has 1 aliphatic rings. The fourth-order valence-corrected chi connectivity index (χ4v) is 2.86. The molecule has 6 nitrogen and oxygen atoms in total. The van der Waals surface area contributed by atoms with Gasteiger partial charge in [0.1, 0.15) is 11.6 Å². The second-order valence-corrected chi connectivity index (χ2v) is 5.85. The van der Waals surface area contributed by atoms with Crippen LogP contribution in [0.1, 0.15) is 11.4 Å². The zero-order valence-corrected chi connectivity index (χ0v) is 14.1. The van der Waals surface area contributed by atoms with E-state index in [0.717, 1.165) is 24.5 Å². The number of anilines is 1. The Morgan fingerprint density at radius 1 is 1.12 bits per heavy atom. The van der Waals surface area contributed by atoms with Crippen molar-refractivity contribution >= 4 is 11.7 Å². The largest absolute Gasteiger partial charge is 0.481 e. The third kappa shape index (κ3) is 3.82. The summed E-state index contributed by atoms with van der Waals surface area (Å²) < 4.78 is 5.21. The number of benzene rings is 1. The molecule has 0 atom stereocenters. The fourth-order valence-electron chi connectivity index (χ4n) is 2.86. The number of aromatic nitrogens is 2. The number of amides is 1. The summed E-state index contributed by atoms with van der Waals surface area (Å²) in [6.45, 7) is 4.79. The van der Waals surface area contributed by atoms with Gasteiger partial charge in [-0.1, -0.05) is 30.3 Å². The predicted octanol–water partition coefficient (Wildman–Crippen LogP) is 1.68. The molecule has 2 heterocycles. The van der Waals surface area contributed by atoms with Gasteiger partial charge in [-0.2, -0.15) is 4.98 Å². The molecule has 126 valence electrons. The standard InChI is InChI=1S/C18H22N4O2/c1-14-19-16(13-17(20-14)24-2)21-8-10-22(11-9-21)18(23)12-15-6-4-3-5-7-15/h3-7,13H,8-12H2,1-2H3. The van der Waals surface area contributed by atoms with Crippen LogP contribution in [-0.4, -0.2) is 54.1 Å². The van der Waals surface area contributed by atoms with Gasteiger partial charge in [0.2, 0.25) is 11.8 Å². The van der Waals surface area contributed by atoms with E-state index in [-0.39, 0.29) is 5.91 Å². The molecule has 0 saturated carbocycles. The van der Waals surface area contributed by atoms with Gasteiger partial charge >= 0.3 is 0 Å². The average molecular weight is 326 g/mol. The fraction of sp³-hybridized carbons (Fsp3) is 0.389. The molecule has 6 heteroatoms. The van der Waals surface area contributed by atoms with Gasteiger partial charge in [0.15, 0.2) is 0 Å². The van der Waals surface area contributed by atoms with E-state index in [1.54, 1.807) is 7.11 Å². The van der Waals surface area contributed by atoms with E-state index in [0.29, 0.717) is 31.2 Å². The molecular formula is C18H22N4O2. The molecule has 0 aliphatic carbocycles. The quantitative estimate of drug-likeness (QED) is 0.856. The van der Waals surface area contributed by atoms with Crippen LogP contribution in [0.3, 0.4) is 0 Å². The van der Waals surface area contributed by atoms with E-state index < -0.39 is 0 Å². The van der Waals surface area contributed by atoms with Crippen molar-refractivity contribution in [3.8, 4) is 5.88 Å². The van der Waals surface area contributed by atoms with Crippen molar-refractivity contribution in [3.63, 3.8) is 0 Å². The Labute approximate surface area is 142 Å². The second-order valence-electron chi connectivity index (χ2n) is 5.85. The van der Waals surface area contributed by atoms with Crippen molar-refractivity contribution in [1.82, 2.24) is 14.9 Å². The van der Waals surface area contributed by atoms with Gasteiger partial charge in [-0.15, -0.1) is 0 Å². The molecule has 1 fully saturated rings. The maximum Gasteiger partial charge on any atom is 0.227 e. The molecule has 0 spiro atoms. The van der Waals surface area contributed by atoms with Crippen molar-refractivity contribution < 1.29 is 9.53 Å². The Kier molecular flexibility index (Phi) is 4.93. The highest BCUT2D eigenvalue weighted by molar-refractivity contribution is 5.79. The highest BCUT2D eigenvalue weighted by atomic mass is 16.5. The first-order valence-electron chi connectivity index (χ1n) is 8.12. The summed E-state index contributed by atoms with van der Waals surface area (Å²) in [5.74, 6) is 2.29. The smallest absolute Gasteiger partial charge is 0.227 e. The van der Waals surface area contributed by atoms with Crippen molar-refractivity contribution in [3.05, 3.63) is 47.8 Å². The lowest BCUT2D eigenvalue weighted by Crippen LogP contribution is -2.49. The zero-order chi connectivity index (χ0) is 16.9. The van der Waals surface area contributed by atoms with Crippen LogP contribution in [0.15, 0.2) is 36.4 Å². The second kappa shape index (κ2) is 7.29. The van der Waals surface area contributed by atoms with Crippen LogP contribution in [0.25, 0.3) is 0 Å². The number of nitrogens with zero attached hydrogens (tertiary/aromatic N) is 4. The third-order valence-electron chi connectivity index (χ3n) is 4.16. The summed E-state index contributed by atoms with van der Waals surface area (Å²) in [5.41, 5.74) is 1.06. The molecule has 2 aromatic rings. The van der Waals surface area contributed by atoms with E-state index in [4.69, 9.17) is 4.74 Å². The lowest BCUT2D eigenvalue weighted by Gasteiger charge is -2.35. The minimum Gasteiger partial charge on any atom is -0.481 e. The van der Waals surface area contributed by atoms with Crippen LogP contribution in [0, 0.1) is 6.92 Å². The van der Waals surface area contributed by atoms with Crippen LogP contribution >= 0.6 is 0 Å². The van der Waals surface area contributed by atoms with Gasteiger partial charge in [-0.3, -0.25) is 4.79 Å². The summed E-state index contributed by atoms with van der Waals surface area (Å²) in [7, 11) is 1.60. The summed E-state index contributed by atoms with van der Waals surface area (Å²) in [4.78, 5) is 25.2. The number of piperazine rings is 1. The molecule has 0 N–H and O–H groups in total. The Morgan fingerprint density at radius 2 is 1.83 bits per heavy atom. The lowest BCUT2D eigenvalue weighted by atomic mass is 10.1. The first-order chi connectivity index (χ1) is 11.7. The molecule has 3 rings (SSSR count). The maximum atomic E-state index is 12.4. The van der Waals surface area contributed by atoms with Gasteiger partial charge in [0, 0.05) is 32.2 Å². The van der Waals surface area contributed by atoms with Gasteiger partial charge in [-0.05, 0) is 12.5 Å². The van der Waals surface area contributed by atoms with E-state index in [1.165, 1.54) is 0 Å². The first-order valence-corrected chi connectivity index (χ1v) is 8.12. The lowest BCUT2D eigenvalue weighted by molar-refractivity contribution is -0.130. The normalized spacial score (nSPS) is 14.6. The molecule has 1 aliphatic heterocycles. The van der Waals surface area contributed by atoms with E-state index in [9.17, 15) is 4.79 Å². The number of rotatable bonds is 4. The number of methoxy groups -OCH3 is 1. The Bertz CT molecular complexity index is 697. The first kappa shape index (κ1) is 16.2. The van der Waals surface area contributed by atoms with Crippen LogP contribution < -0.4 is 9.64 Å². The maximum absolute atomic E-state index is 12.4. The highest BCUT2D eigenvalue weighted by Gasteiger charge is 2.22. The number of aryl methyl sites for hydroxylation is 1. The van der Waals surface area contributed by atoms with Gasteiger partial charge < -0.3 is 14.5 Å². The number of ether oxygens (including phenoxy) is 1. The molecule has 1 aromatic carbocycles. The molecule has 0 unspecified atom stereocenters. The molecule has 1 aromatic heterocycles. The van der Waals surface area contributed by atoms with Crippen molar-refractivity contribution in [2.75, 3.05) is 38.2 Å². The van der Waals surface area contributed by atoms with Crippen LogP contribution in [0.4, 0.5) is 5.82 Å². The number of carbonyl (C=O) groups is 1. The van der Waals surface area contributed by atoms with Gasteiger partial charge in [0.25, 0.3) is 0 Å². The summed E-state index contributed by atoms with van der Waals surface area (Å²) >= 11 is 0. The minimum atomic E-state index is 0.178. The topological polar surface area (TPSA) is 58.6 Å². The SMILES string of the molecule is COc1cc(N2CCN(C(=O)Cc3ccccc3)CC2)nc(C)n1. The van der Waals surface area contributed by atoms with Crippen LogP contribution in [-0.2, 0) is 11.2 Å². The third-order valence-corrected chi connectivity index (χ3v) is 4.16. The van der Waals surface area contributed by atoms with E-state index in [1.807, 2.05) is 48.2 Å². The number of carbonyl (C=O) groups excluding carboxylic acids is 1. The van der Waals surface area contributed by atoms with Crippen molar-refractivity contribution in [2.24, 2.45) is 0 Å². The summed E-state index contributed by atoms with van der Waals surface area (Å²) in [5, 5.41) is 0. The average Bonchev–Trinajstić information content (AvgIpc) is 2.62. The Hall–Kier alpha value is -2.63. The number of hydrogen-bond donors (Lipinski definition) is 0. The Balaban J connectivity index is 1.59. The molecule has 24 heavy (non-hydrogen) atoms. The van der Waals surface area contributed by atoms with E-state index in [2.05, 4.69) is 14.9 Å². The van der Waals surface area contributed by atoms with E-state index >= 15 is 0 Å². The highest BCUT2D eigenvalue weighted by Crippen LogP contribution is 2.19. The molecule has 1 saturated heterocycles. The van der Waals surface area contributed by atoms with Gasteiger partial charge in [-0.25, -0.2) is 4.98 Å². The predicted molar refractivity (Wildman–Crippen MR) is 92.3 cm³/mol. The zero-order valence-electron chi connectivity index (χ0n) is 14.1. The van der Waals surface area contributed by atoms with Gasteiger partial charge in [0.05, 0.1) is 13.5 Å². The summed E-state index contributed by atoms with van der Waals surface area (Å²) in [6.07, 6.45) is 0.460. The monoisotopic (exact) mass is 326 g/mol. The molecule has 1 amide bonds. The molecule has 0 bridgehead atoms. The van der Waals surface area contributed by atoms with Crippen molar-refractivity contribution in [2.45, 2.75) is 13.3 Å². The number of hydrogen-bond acceptors (Lipinski definition) is 5.